The summed E-state index contributed by atoms with van der Waals surface area (Å²) in [6, 6.07) is 0.618. The normalized spacial score (nSPS) is 51.5. The molecule has 76 valence electrons. The lowest BCUT2D eigenvalue weighted by Gasteiger charge is -2.44. The van der Waals surface area contributed by atoms with Crippen molar-refractivity contribution in [2.45, 2.75) is 51.9 Å². The van der Waals surface area contributed by atoms with Crippen molar-refractivity contribution in [3.8, 4) is 0 Å². The number of nitrogens with one attached hydrogen (secondary N) is 1. The number of rotatable bonds is 0. The van der Waals surface area contributed by atoms with Crippen LogP contribution in [0.3, 0.4) is 0 Å². The fourth-order valence-electron chi connectivity index (χ4n) is 2.91. The average Bonchev–Trinajstić information content (AvgIpc) is 2.02. The van der Waals surface area contributed by atoms with Gasteiger partial charge < -0.3 is 10.1 Å². The van der Waals surface area contributed by atoms with Gasteiger partial charge in [-0.05, 0) is 31.6 Å². The smallest absolute Gasteiger partial charge is 0.0737 e. The summed E-state index contributed by atoms with van der Waals surface area (Å²) in [4.78, 5) is 0. The summed E-state index contributed by atoms with van der Waals surface area (Å²) in [5, 5.41) is 3.62. The van der Waals surface area contributed by atoms with Crippen LogP contribution in [0.15, 0.2) is 0 Å². The lowest BCUT2D eigenvalue weighted by Crippen LogP contribution is -2.57. The quantitative estimate of drug-likeness (QED) is 0.618. The molecule has 1 saturated carbocycles. The summed E-state index contributed by atoms with van der Waals surface area (Å²) in [5.74, 6) is 1.62. The number of ether oxygens (including phenoxy) is 1. The summed E-state index contributed by atoms with van der Waals surface area (Å²) in [6.45, 7) is 7.88. The molecule has 1 N–H and O–H groups in total. The third-order valence-electron chi connectivity index (χ3n) is 3.47. The Kier molecular flexibility index (Phi) is 2.61. The molecular formula is C11H21NO. The van der Waals surface area contributed by atoms with Crippen LogP contribution in [0, 0.1) is 11.8 Å². The summed E-state index contributed by atoms with van der Waals surface area (Å²) < 4.78 is 5.97. The Hall–Kier alpha value is -0.0800. The molecule has 0 amide bonds. The molecule has 0 aromatic carbocycles. The van der Waals surface area contributed by atoms with Crippen molar-refractivity contribution >= 4 is 0 Å². The van der Waals surface area contributed by atoms with Crippen molar-refractivity contribution in [3.05, 3.63) is 0 Å². The first-order valence-corrected chi connectivity index (χ1v) is 5.55. The minimum absolute atomic E-state index is 0.402. The lowest BCUT2D eigenvalue weighted by molar-refractivity contribution is -0.0919. The third-order valence-corrected chi connectivity index (χ3v) is 3.47. The predicted octanol–water partition coefficient (Wildman–Crippen LogP) is 1.80. The van der Waals surface area contributed by atoms with Crippen molar-refractivity contribution in [1.82, 2.24) is 5.32 Å². The summed E-state index contributed by atoms with van der Waals surface area (Å²) >= 11 is 0. The van der Waals surface area contributed by atoms with E-state index in [4.69, 9.17) is 4.74 Å². The molecule has 2 rings (SSSR count). The van der Waals surface area contributed by atoms with E-state index >= 15 is 0 Å². The van der Waals surface area contributed by atoms with Gasteiger partial charge >= 0.3 is 0 Å². The summed E-state index contributed by atoms with van der Waals surface area (Å²) in [7, 11) is 0. The zero-order chi connectivity index (χ0) is 9.42. The van der Waals surface area contributed by atoms with Crippen molar-refractivity contribution in [2.75, 3.05) is 6.54 Å². The highest BCUT2D eigenvalue weighted by atomic mass is 16.5. The Morgan fingerprint density at radius 3 is 2.69 bits per heavy atom. The zero-order valence-electron chi connectivity index (χ0n) is 8.92. The van der Waals surface area contributed by atoms with Crippen molar-refractivity contribution in [3.63, 3.8) is 0 Å². The van der Waals surface area contributed by atoms with Crippen LogP contribution in [-0.4, -0.2) is 24.8 Å². The van der Waals surface area contributed by atoms with Gasteiger partial charge in [0.1, 0.15) is 0 Å². The fraction of sp³-hybridized carbons (Fsp3) is 1.00. The van der Waals surface area contributed by atoms with Crippen LogP contribution in [-0.2, 0) is 4.74 Å². The van der Waals surface area contributed by atoms with E-state index in [0.717, 1.165) is 18.4 Å². The Labute approximate surface area is 81.0 Å². The molecule has 0 bridgehead atoms. The Morgan fingerprint density at radius 2 is 1.92 bits per heavy atom. The van der Waals surface area contributed by atoms with Gasteiger partial charge in [-0.25, -0.2) is 0 Å². The highest BCUT2D eigenvalue weighted by Gasteiger charge is 2.37. The Bertz CT molecular complexity index is 181. The molecule has 13 heavy (non-hydrogen) atoms. The maximum Gasteiger partial charge on any atom is 0.0737 e. The predicted molar refractivity (Wildman–Crippen MR) is 53.7 cm³/mol. The van der Waals surface area contributed by atoms with Gasteiger partial charge in [-0.1, -0.05) is 13.8 Å². The van der Waals surface area contributed by atoms with Crippen LogP contribution in [0.25, 0.3) is 0 Å². The Morgan fingerprint density at radius 1 is 1.15 bits per heavy atom. The number of hydrogen-bond donors (Lipinski definition) is 1. The second-order valence-electron chi connectivity index (χ2n) is 4.97. The molecule has 1 saturated heterocycles. The molecule has 1 heterocycles. The average molecular weight is 183 g/mol. The minimum Gasteiger partial charge on any atom is -0.372 e. The van der Waals surface area contributed by atoms with E-state index < -0.39 is 0 Å². The van der Waals surface area contributed by atoms with E-state index in [-0.39, 0.29) is 0 Å². The Balaban J connectivity index is 2.02. The number of fused-ring (bicyclic) bond motifs is 1. The number of hydrogen-bond acceptors (Lipinski definition) is 2. The van der Waals surface area contributed by atoms with Gasteiger partial charge in [0.25, 0.3) is 0 Å². The molecule has 5 atom stereocenters. The van der Waals surface area contributed by atoms with E-state index in [1.54, 1.807) is 0 Å². The molecule has 2 heteroatoms. The van der Waals surface area contributed by atoms with Gasteiger partial charge in [-0.15, -0.1) is 0 Å². The van der Waals surface area contributed by atoms with E-state index in [1.807, 2.05) is 0 Å². The molecule has 1 aliphatic carbocycles. The van der Waals surface area contributed by atoms with E-state index in [9.17, 15) is 0 Å². The van der Waals surface area contributed by atoms with Crippen LogP contribution < -0.4 is 5.32 Å². The first kappa shape index (κ1) is 9.47. The minimum atomic E-state index is 0.402. The maximum absolute atomic E-state index is 5.97. The van der Waals surface area contributed by atoms with Crippen LogP contribution >= 0.6 is 0 Å². The van der Waals surface area contributed by atoms with Gasteiger partial charge in [0.05, 0.1) is 12.2 Å². The number of morpholine rings is 1. The van der Waals surface area contributed by atoms with E-state index in [2.05, 4.69) is 26.1 Å². The maximum atomic E-state index is 5.97. The van der Waals surface area contributed by atoms with Gasteiger partial charge in [0, 0.05) is 12.6 Å². The molecule has 2 nitrogen and oxygen atoms in total. The fourth-order valence-corrected chi connectivity index (χ4v) is 2.91. The second kappa shape index (κ2) is 3.58. The highest BCUT2D eigenvalue weighted by molar-refractivity contribution is 4.92. The van der Waals surface area contributed by atoms with Crippen molar-refractivity contribution in [1.29, 1.82) is 0 Å². The molecular weight excluding hydrogens is 162 g/mol. The SMILES string of the molecule is CC1CC(C)C2NCC(C)OC2C1. The molecule has 2 aliphatic rings. The molecule has 5 unspecified atom stereocenters. The van der Waals surface area contributed by atoms with Crippen LogP contribution in [0.2, 0.25) is 0 Å². The summed E-state index contributed by atoms with van der Waals surface area (Å²) in [6.07, 6.45) is 3.47. The van der Waals surface area contributed by atoms with Gasteiger partial charge in [-0.3, -0.25) is 0 Å². The van der Waals surface area contributed by atoms with Gasteiger partial charge in [0.2, 0.25) is 0 Å². The van der Waals surface area contributed by atoms with Crippen LogP contribution in [0.1, 0.15) is 33.6 Å². The van der Waals surface area contributed by atoms with Crippen LogP contribution in [0.5, 0.6) is 0 Å². The lowest BCUT2D eigenvalue weighted by atomic mass is 9.77. The molecule has 0 aromatic rings. The van der Waals surface area contributed by atoms with E-state index in [1.165, 1.54) is 12.8 Å². The van der Waals surface area contributed by atoms with Gasteiger partial charge in [-0.2, -0.15) is 0 Å². The summed E-state index contributed by atoms with van der Waals surface area (Å²) in [5.41, 5.74) is 0. The van der Waals surface area contributed by atoms with Crippen molar-refractivity contribution in [2.24, 2.45) is 11.8 Å². The van der Waals surface area contributed by atoms with Crippen LogP contribution in [0.4, 0.5) is 0 Å². The first-order valence-electron chi connectivity index (χ1n) is 5.55. The molecule has 1 aliphatic heterocycles. The third kappa shape index (κ3) is 1.89. The monoisotopic (exact) mass is 183 g/mol. The first-order chi connectivity index (χ1) is 6.16. The standard InChI is InChI=1S/C11H21NO/c1-7-4-8(2)11-10(5-7)13-9(3)6-12-11/h7-12H,4-6H2,1-3H3. The van der Waals surface area contributed by atoms with Crippen molar-refractivity contribution < 1.29 is 4.74 Å². The molecule has 0 radical (unpaired) electrons. The van der Waals surface area contributed by atoms with Gasteiger partial charge in [0.15, 0.2) is 0 Å². The topological polar surface area (TPSA) is 21.3 Å². The molecule has 2 fully saturated rings. The largest absolute Gasteiger partial charge is 0.372 e. The molecule has 0 spiro atoms. The van der Waals surface area contributed by atoms with E-state index in [0.29, 0.717) is 18.2 Å². The second-order valence-corrected chi connectivity index (χ2v) is 4.97. The highest BCUT2D eigenvalue weighted by Crippen LogP contribution is 2.32. The zero-order valence-corrected chi connectivity index (χ0v) is 8.92. The molecule has 0 aromatic heterocycles.